The molecule has 3 heteroatoms. The molecule has 1 N–H and O–H groups in total. The molecule has 1 aliphatic rings. The quantitative estimate of drug-likeness (QED) is 0.584. The molecule has 1 fully saturated rings. The van der Waals surface area contributed by atoms with Crippen LogP contribution in [0, 0.1) is 0 Å². The molecule has 0 aromatic heterocycles. The fraction of sp³-hybridized carbons (Fsp3) is 1.00. The number of nitrogens with one attached hydrogen (secondary N) is 1. The Morgan fingerprint density at radius 3 is 2.67 bits per heavy atom. The van der Waals surface area contributed by atoms with Gasteiger partial charge >= 0.3 is 0 Å². The molecule has 1 rings (SSSR count). The molecule has 0 saturated heterocycles. The zero-order chi connectivity index (χ0) is 6.69. The van der Waals surface area contributed by atoms with Crippen LogP contribution in [0.15, 0.2) is 0 Å². The Morgan fingerprint density at radius 2 is 2.33 bits per heavy atom. The first-order valence-corrected chi connectivity index (χ1v) is 4.33. The zero-order valence-corrected chi connectivity index (χ0v) is 7.72. The number of methoxy groups -OCH3 is 1. The second kappa shape index (κ2) is 3.73. The second-order valence-corrected chi connectivity index (χ2v) is 3.10. The van der Waals surface area contributed by atoms with Crippen LogP contribution in [0.25, 0.3) is 0 Å². The van der Waals surface area contributed by atoms with Gasteiger partial charge in [-0.3, -0.25) is 3.53 Å². The van der Waals surface area contributed by atoms with E-state index in [1.807, 2.05) is 0 Å². The third kappa shape index (κ3) is 2.05. The van der Waals surface area contributed by atoms with Crippen molar-refractivity contribution in [1.29, 1.82) is 0 Å². The van der Waals surface area contributed by atoms with E-state index in [0.29, 0.717) is 12.1 Å². The lowest BCUT2D eigenvalue weighted by molar-refractivity contribution is 0.108. The average molecular weight is 241 g/mol. The highest BCUT2D eigenvalue weighted by atomic mass is 127. The first kappa shape index (κ1) is 7.75. The van der Waals surface area contributed by atoms with Crippen LogP contribution in [-0.2, 0) is 4.74 Å². The monoisotopic (exact) mass is 241 g/mol. The lowest BCUT2D eigenvalue weighted by Gasteiger charge is -2.06. The van der Waals surface area contributed by atoms with Crippen LogP contribution in [0.3, 0.4) is 0 Å². The number of halogens is 1. The molecule has 0 bridgehead atoms. The standard InChI is InChI=1S/C6H12INO/c1-9-6-3-2-5(4-6)8-7/h5-6,8H,2-4H2,1H3. The van der Waals surface area contributed by atoms with Gasteiger partial charge < -0.3 is 4.74 Å². The maximum absolute atomic E-state index is 5.20. The van der Waals surface area contributed by atoms with Gasteiger partial charge in [-0.1, -0.05) is 0 Å². The normalized spacial score (nSPS) is 35.3. The summed E-state index contributed by atoms with van der Waals surface area (Å²) in [6, 6.07) is 0.690. The molecule has 0 aromatic carbocycles. The summed E-state index contributed by atoms with van der Waals surface area (Å²) in [5.41, 5.74) is 0. The summed E-state index contributed by atoms with van der Waals surface area (Å²) in [4.78, 5) is 0. The van der Waals surface area contributed by atoms with E-state index in [1.165, 1.54) is 19.3 Å². The summed E-state index contributed by atoms with van der Waals surface area (Å²) < 4.78 is 8.42. The van der Waals surface area contributed by atoms with Crippen LogP contribution < -0.4 is 3.53 Å². The first-order chi connectivity index (χ1) is 4.36. The molecule has 1 saturated carbocycles. The van der Waals surface area contributed by atoms with E-state index in [0.717, 1.165) is 0 Å². The van der Waals surface area contributed by atoms with Crippen molar-refractivity contribution < 1.29 is 4.74 Å². The Bertz CT molecular complexity index is 79.1. The fourth-order valence-corrected chi connectivity index (χ4v) is 1.82. The molecular formula is C6H12INO. The number of hydrogen-bond acceptors (Lipinski definition) is 2. The van der Waals surface area contributed by atoms with E-state index in [9.17, 15) is 0 Å². The minimum absolute atomic E-state index is 0.511. The summed E-state index contributed by atoms with van der Waals surface area (Å²) in [5, 5.41) is 0. The first-order valence-electron chi connectivity index (χ1n) is 3.25. The molecule has 0 spiro atoms. The molecule has 2 atom stereocenters. The molecule has 0 amide bonds. The predicted octanol–water partition coefficient (Wildman–Crippen LogP) is 1.49. The van der Waals surface area contributed by atoms with Crippen LogP contribution in [0.1, 0.15) is 19.3 Å². The molecule has 0 radical (unpaired) electrons. The Hall–Kier alpha value is 0.650. The minimum Gasteiger partial charge on any atom is -0.381 e. The second-order valence-electron chi connectivity index (χ2n) is 2.48. The number of hydrogen-bond donors (Lipinski definition) is 1. The van der Waals surface area contributed by atoms with Gasteiger partial charge in [0, 0.05) is 36.0 Å². The van der Waals surface area contributed by atoms with Crippen molar-refractivity contribution in [2.45, 2.75) is 31.4 Å². The summed E-state index contributed by atoms with van der Waals surface area (Å²) in [6.45, 7) is 0. The zero-order valence-electron chi connectivity index (χ0n) is 5.56. The van der Waals surface area contributed by atoms with E-state index < -0.39 is 0 Å². The van der Waals surface area contributed by atoms with Gasteiger partial charge in [-0.2, -0.15) is 0 Å². The molecule has 2 nitrogen and oxygen atoms in total. The van der Waals surface area contributed by atoms with Gasteiger partial charge in [0.25, 0.3) is 0 Å². The Balaban J connectivity index is 2.20. The SMILES string of the molecule is COC1CCC(NI)C1. The summed E-state index contributed by atoms with van der Waals surface area (Å²) in [6.07, 6.45) is 4.18. The molecule has 0 aliphatic heterocycles. The maximum Gasteiger partial charge on any atom is 0.0587 e. The Kier molecular flexibility index (Phi) is 3.21. The van der Waals surface area contributed by atoms with Crippen molar-refractivity contribution in [3.8, 4) is 0 Å². The highest BCUT2D eigenvalue weighted by Gasteiger charge is 2.22. The van der Waals surface area contributed by atoms with E-state index in [4.69, 9.17) is 4.74 Å². The fourth-order valence-electron chi connectivity index (χ4n) is 1.25. The third-order valence-corrected chi connectivity index (χ3v) is 2.75. The van der Waals surface area contributed by atoms with Crippen molar-refractivity contribution in [2.75, 3.05) is 7.11 Å². The van der Waals surface area contributed by atoms with E-state index >= 15 is 0 Å². The van der Waals surface area contributed by atoms with Crippen LogP contribution in [-0.4, -0.2) is 19.3 Å². The van der Waals surface area contributed by atoms with Gasteiger partial charge in [0.1, 0.15) is 0 Å². The van der Waals surface area contributed by atoms with Gasteiger partial charge in [-0.15, -0.1) is 0 Å². The van der Waals surface area contributed by atoms with Crippen molar-refractivity contribution in [2.24, 2.45) is 0 Å². The Morgan fingerprint density at radius 1 is 1.56 bits per heavy atom. The number of rotatable bonds is 2. The Labute approximate surface area is 69.8 Å². The lowest BCUT2D eigenvalue weighted by Crippen LogP contribution is -2.17. The molecule has 9 heavy (non-hydrogen) atoms. The maximum atomic E-state index is 5.20. The minimum atomic E-state index is 0.511. The molecule has 0 aromatic rings. The van der Waals surface area contributed by atoms with Gasteiger partial charge in [-0.25, -0.2) is 0 Å². The van der Waals surface area contributed by atoms with Crippen molar-refractivity contribution in [3.05, 3.63) is 0 Å². The van der Waals surface area contributed by atoms with Gasteiger partial charge in [0.15, 0.2) is 0 Å². The predicted molar refractivity (Wildman–Crippen MR) is 45.6 cm³/mol. The summed E-state index contributed by atoms with van der Waals surface area (Å²) >= 11 is 2.21. The van der Waals surface area contributed by atoms with Crippen molar-refractivity contribution in [3.63, 3.8) is 0 Å². The van der Waals surface area contributed by atoms with Crippen molar-refractivity contribution >= 4 is 22.9 Å². The smallest absolute Gasteiger partial charge is 0.0587 e. The summed E-state index contributed by atoms with van der Waals surface area (Å²) in [7, 11) is 1.79. The van der Waals surface area contributed by atoms with Crippen LogP contribution in [0.2, 0.25) is 0 Å². The van der Waals surface area contributed by atoms with Gasteiger partial charge in [0.05, 0.1) is 6.10 Å². The van der Waals surface area contributed by atoms with Gasteiger partial charge in [0.2, 0.25) is 0 Å². The molecular weight excluding hydrogens is 229 g/mol. The van der Waals surface area contributed by atoms with Crippen LogP contribution in [0.5, 0.6) is 0 Å². The summed E-state index contributed by atoms with van der Waals surface area (Å²) in [5.74, 6) is 0. The lowest BCUT2D eigenvalue weighted by atomic mass is 10.3. The molecule has 2 unspecified atom stereocenters. The topological polar surface area (TPSA) is 21.3 Å². The highest BCUT2D eigenvalue weighted by molar-refractivity contribution is 14.1. The van der Waals surface area contributed by atoms with Crippen LogP contribution in [0.4, 0.5) is 0 Å². The molecule has 1 aliphatic carbocycles. The molecule has 54 valence electrons. The molecule has 0 heterocycles. The van der Waals surface area contributed by atoms with E-state index in [-0.39, 0.29) is 0 Å². The largest absolute Gasteiger partial charge is 0.381 e. The van der Waals surface area contributed by atoms with E-state index in [1.54, 1.807) is 7.11 Å². The van der Waals surface area contributed by atoms with Gasteiger partial charge in [-0.05, 0) is 19.3 Å². The van der Waals surface area contributed by atoms with Crippen molar-refractivity contribution in [1.82, 2.24) is 3.53 Å². The van der Waals surface area contributed by atoms with Crippen LogP contribution >= 0.6 is 22.9 Å². The van der Waals surface area contributed by atoms with E-state index in [2.05, 4.69) is 26.4 Å². The highest BCUT2D eigenvalue weighted by Crippen LogP contribution is 2.21. The average Bonchev–Trinajstić information content (AvgIpc) is 2.34. The number of ether oxygens (including phenoxy) is 1. The third-order valence-electron chi connectivity index (χ3n) is 1.87.